The molecule has 1 aromatic carbocycles. The number of hydrogen-bond donors (Lipinski definition) is 1. The molecule has 1 heterocycles. The Hall–Kier alpha value is -1.80. The molecule has 1 aliphatic heterocycles. The SMILES string of the molecule is COc1ccc(CC2COC(=O)N2S(N)(=O)=O)cc1. The Labute approximate surface area is 111 Å². The number of nitrogens with zero attached hydrogens (tertiary/aromatic N) is 1. The molecule has 7 nitrogen and oxygen atoms in total. The first kappa shape index (κ1) is 13.6. The minimum Gasteiger partial charge on any atom is -0.497 e. The summed E-state index contributed by atoms with van der Waals surface area (Å²) in [5.74, 6) is 0.700. The van der Waals surface area contributed by atoms with E-state index in [-0.39, 0.29) is 6.61 Å². The first-order valence-electron chi connectivity index (χ1n) is 5.53. The van der Waals surface area contributed by atoms with Crippen LogP contribution in [-0.4, -0.2) is 38.6 Å². The average Bonchev–Trinajstić information content (AvgIpc) is 2.71. The van der Waals surface area contributed by atoms with Crippen molar-refractivity contribution in [2.45, 2.75) is 12.5 Å². The summed E-state index contributed by atoms with van der Waals surface area (Å²) < 4.78 is 33.0. The van der Waals surface area contributed by atoms with Gasteiger partial charge in [0.05, 0.1) is 13.2 Å². The van der Waals surface area contributed by atoms with Crippen LogP contribution in [0.1, 0.15) is 5.56 Å². The minimum atomic E-state index is -4.10. The lowest BCUT2D eigenvalue weighted by molar-refractivity contribution is 0.170. The topological polar surface area (TPSA) is 98.9 Å². The van der Waals surface area contributed by atoms with Crippen molar-refractivity contribution in [3.63, 3.8) is 0 Å². The monoisotopic (exact) mass is 286 g/mol. The molecule has 1 unspecified atom stereocenters. The van der Waals surface area contributed by atoms with Gasteiger partial charge in [0.25, 0.3) is 0 Å². The van der Waals surface area contributed by atoms with Crippen molar-refractivity contribution in [3.05, 3.63) is 29.8 Å². The third kappa shape index (κ3) is 2.96. The van der Waals surface area contributed by atoms with Gasteiger partial charge in [0.1, 0.15) is 12.4 Å². The van der Waals surface area contributed by atoms with E-state index >= 15 is 0 Å². The van der Waals surface area contributed by atoms with Gasteiger partial charge in [-0.1, -0.05) is 12.1 Å². The van der Waals surface area contributed by atoms with Crippen LogP contribution in [0, 0.1) is 0 Å². The fraction of sp³-hybridized carbons (Fsp3) is 0.364. The fourth-order valence-electron chi connectivity index (χ4n) is 1.94. The second-order valence-corrected chi connectivity index (χ2v) is 5.55. The first-order valence-corrected chi connectivity index (χ1v) is 7.04. The zero-order valence-corrected chi connectivity index (χ0v) is 11.1. The van der Waals surface area contributed by atoms with Crippen LogP contribution in [0.2, 0.25) is 0 Å². The molecule has 1 aromatic rings. The number of ether oxygens (including phenoxy) is 2. The molecule has 0 spiro atoms. The molecule has 0 bridgehead atoms. The van der Waals surface area contributed by atoms with Crippen LogP contribution in [0.15, 0.2) is 24.3 Å². The standard InChI is InChI=1S/C11H14N2O5S/c1-17-10-4-2-8(3-5-10)6-9-7-18-11(14)13(9)19(12,15)16/h2-5,9H,6-7H2,1H3,(H2,12,15,16). The molecule has 104 valence electrons. The van der Waals surface area contributed by atoms with E-state index in [2.05, 4.69) is 0 Å². The van der Waals surface area contributed by atoms with E-state index in [0.717, 1.165) is 5.56 Å². The lowest BCUT2D eigenvalue weighted by Crippen LogP contribution is -2.43. The molecule has 19 heavy (non-hydrogen) atoms. The van der Waals surface area contributed by atoms with Gasteiger partial charge in [0.15, 0.2) is 0 Å². The molecule has 0 radical (unpaired) electrons. The Bertz CT molecular complexity index is 569. The largest absolute Gasteiger partial charge is 0.497 e. The van der Waals surface area contributed by atoms with E-state index in [1.807, 2.05) is 0 Å². The highest BCUT2D eigenvalue weighted by atomic mass is 32.2. The Balaban J connectivity index is 2.15. The Morgan fingerprint density at radius 3 is 2.58 bits per heavy atom. The summed E-state index contributed by atoms with van der Waals surface area (Å²) in [5.41, 5.74) is 0.859. The summed E-state index contributed by atoms with van der Waals surface area (Å²) in [7, 11) is -2.54. The lowest BCUT2D eigenvalue weighted by Gasteiger charge is -2.18. The number of rotatable bonds is 4. The van der Waals surface area contributed by atoms with Crippen molar-refractivity contribution in [2.24, 2.45) is 5.14 Å². The normalized spacial score (nSPS) is 19.4. The number of benzene rings is 1. The zero-order chi connectivity index (χ0) is 14.0. The molecule has 0 aromatic heterocycles. The molecule has 2 rings (SSSR count). The molecule has 1 saturated heterocycles. The summed E-state index contributed by atoms with van der Waals surface area (Å²) in [5, 5.41) is 5.00. The number of amides is 1. The molecule has 1 aliphatic rings. The summed E-state index contributed by atoms with van der Waals surface area (Å²) in [4.78, 5) is 11.3. The van der Waals surface area contributed by atoms with E-state index in [1.165, 1.54) is 0 Å². The van der Waals surface area contributed by atoms with E-state index in [9.17, 15) is 13.2 Å². The van der Waals surface area contributed by atoms with Crippen LogP contribution in [0.4, 0.5) is 4.79 Å². The molecular weight excluding hydrogens is 272 g/mol. The van der Waals surface area contributed by atoms with Crippen molar-refractivity contribution in [1.29, 1.82) is 0 Å². The zero-order valence-electron chi connectivity index (χ0n) is 10.3. The van der Waals surface area contributed by atoms with Crippen LogP contribution in [0.5, 0.6) is 5.75 Å². The van der Waals surface area contributed by atoms with Gasteiger partial charge in [-0.15, -0.1) is 0 Å². The average molecular weight is 286 g/mol. The van der Waals surface area contributed by atoms with Gasteiger partial charge >= 0.3 is 16.3 Å². The van der Waals surface area contributed by atoms with Gasteiger partial charge in [-0.3, -0.25) is 0 Å². The predicted octanol–water partition coefficient (Wildman–Crippen LogP) is 0.262. The minimum absolute atomic E-state index is 0.00128. The van der Waals surface area contributed by atoms with Crippen LogP contribution in [0.25, 0.3) is 0 Å². The first-order chi connectivity index (χ1) is 8.91. The van der Waals surface area contributed by atoms with Gasteiger partial charge in [0, 0.05) is 0 Å². The number of carbonyl (C=O) groups excluding carboxylic acids is 1. The molecule has 2 N–H and O–H groups in total. The van der Waals surface area contributed by atoms with E-state index < -0.39 is 22.3 Å². The number of methoxy groups -OCH3 is 1. The van der Waals surface area contributed by atoms with Gasteiger partial charge in [-0.25, -0.2) is 9.93 Å². The summed E-state index contributed by atoms with van der Waals surface area (Å²) in [6, 6.07) is 6.49. The summed E-state index contributed by atoms with van der Waals surface area (Å²) in [6.45, 7) is 0.00128. The van der Waals surface area contributed by atoms with Crippen LogP contribution in [-0.2, 0) is 21.4 Å². The summed E-state index contributed by atoms with van der Waals surface area (Å²) >= 11 is 0. The molecule has 8 heteroatoms. The van der Waals surface area contributed by atoms with Crippen molar-refractivity contribution in [3.8, 4) is 5.75 Å². The lowest BCUT2D eigenvalue weighted by atomic mass is 10.1. The second-order valence-electron chi connectivity index (χ2n) is 4.12. The quantitative estimate of drug-likeness (QED) is 0.856. The van der Waals surface area contributed by atoms with E-state index in [0.29, 0.717) is 16.5 Å². The van der Waals surface area contributed by atoms with Gasteiger partial charge in [-0.05, 0) is 24.1 Å². The number of hydrogen-bond acceptors (Lipinski definition) is 5. The molecule has 1 amide bonds. The maximum atomic E-state index is 11.3. The molecule has 1 fully saturated rings. The third-order valence-electron chi connectivity index (χ3n) is 2.82. The van der Waals surface area contributed by atoms with E-state index in [1.54, 1.807) is 31.4 Å². The van der Waals surface area contributed by atoms with Crippen LogP contribution >= 0.6 is 0 Å². The number of nitrogens with two attached hydrogens (primary N) is 1. The Kier molecular flexibility index (Phi) is 3.63. The smallest absolute Gasteiger partial charge is 0.425 e. The fourth-order valence-corrected chi connectivity index (χ4v) is 2.75. The van der Waals surface area contributed by atoms with Crippen molar-refractivity contribution in [2.75, 3.05) is 13.7 Å². The Morgan fingerprint density at radius 2 is 2.05 bits per heavy atom. The maximum absolute atomic E-state index is 11.3. The predicted molar refractivity (Wildman–Crippen MR) is 66.8 cm³/mol. The van der Waals surface area contributed by atoms with Gasteiger partial charge in [-0.2, -0.15) is 12.7 Å². The highest BCUT2D eigenvalue weighted by molar-refractivity contribution is 7.87. The van der Waals surface area contributed by atoms with Crippen molar-refractivity contribution >= 4 is 16.3 Å². The number of carbonyl (C=O) groups is 1. The molecule has 0 aliphatic carbocycles. The maximum Gasteiger partial charge on any atom is 0.425 e. The second kappa shape index (κ2) is 5.06. The molecular formula is C11H14N2O5S. The highest BCUT2D eigenvalue weighted by Crippen LogP contribution is 2.20. The van der Waals surface area contributed by atoms with Crippen LogP contribution < -0.4 is 9.88 Å². The van der Waals surface area contributed by atoms with Gasteiger partial charge < -0.3 is 9.47 Å². The van der Waals surface area contributed by atoms with E-state index in [4.69, 9.17) is 14.6 Å². The molecule has 0 saturated carbocycles. The third-order valence-corrected chi connectivity index (χ3v) is 3.81. The van der Waals surface area contributed by atoms with Crippen molar-refractivity contribution in [1.82, 2.24) is 4.31 Å². The summed E-state index contributed by atoms with van der Waals surface area (Å²) in [6.07, 6.45) is -0.590. The van der Waals surface area contributed by atoms with Crippen LogP contribution in [0.3, 0.4) is 0 Å². The highest BCUT2D eigenvalue weighted by Gasteiger charge is 2.39. The van der Waals surface area contributed by atoms with Crippen molar-refractivity contribution < 1.29 is 22.7 Å². The van der Waals surface area contributed by atoms with Gasteiger partial charge in [0.2, 0.25) is 0 Å². The Morgan fingerprint density at radius 1 is 1.42 bits per heavy atom. The molecule has 1 atom stereocenters. The number of cyclic esters (lactones) is 1.